The second-order valence-electron chi connectivity index (χ2n) is 8.52. The predicted octanol–water partition coefficient (Wildman–Crippen LogP) is 2.95. The third-order valence-electron chi connectivity index (χ3n) is 5.95. The van der Waals surface area contributed by atoms with Gasteiger partial charge in [-0.2, -0.15) is 0 Å². The second-order valence-corrected chi connectivity index (χ2v) is 8.52. The van der Waals surface area contributed by atoms with Gasteiger partial charge in [0.2, 0.25) is 11.8 Å². The lowest BCUT2D eigenvalue weighted by Gasteiger charge is -2.26. The fourth-order valence-electron chi connectivity index (χ4n) is 4.18. The first-order valence-corrected chi connectivity index (χ1v) is 11.7. The van der Waals surface area contributed by atoms with E-state index in [1.807, 2.05) is 30.3 Å². The van der Waals surface area contributed by atoms with Crippen molar-refractivity contribution in [3.63, 3.8) is 0 Å². The van der Waals surface area contributed by atoms with Crippen LogP contribution in [0.3, 0.4) is 0 Å². The molecule has 4 N–H and O–H groups in total. The van der Waals surface area contributed by atoms with Gasteiger partial charge in [0.25, 0.3) is 0 Å². The molecule has 1 unspecified atom stereocenters. The molecule has 0 radical (unpaired) electrons. The van der Waals surface area contributed by atoms with Gasteiger partial charge >= 0.3 is 0 Å². The van der Waals surface area contributed by atoms with Gasteiger partial charge < -0.3 is 20.1 Å². The first kappa shape index (κ1) is 25.1. The molecule has 0 aliphatic heterocycles. The summed E-state index contributed by atoms with van der Waals surface area (Å²) < 4.78 is 10.5. The molecule has 2 amide bonds. The van der Waals surface area contributed by atoms with Gasteiger partial charge in [-0.25, -0.2) is 0 Å². The molecule has 0 bridgehead atoms. The van der Waals surface area contributed by atoms with Crippen LogP contribution in [0.25, 0.3) is 0 Å². The summed E-state index contributed by atoms with van der Waals surface area (Å²) in [5, 5.41) is 16.9. The van der Waals surface area contributed by atoms with Crippen molar-refractivity contribution in [2.24, 2.45) is 0 Å². The van der Waals surface area contributed by atoms with E-state index in [-0.39, 0.29) is 30.2 Å². The predicted molar refractivity (Wildman–Crippen MR) is 131 cm³/mol. The van der Waals surface area contributed by atoms with Gasteiger partial charge in [0, 0.05) is 12.5 Å². The lowest BCUT2D eigenvalue weighted by molar-refractivity contribution is -0.124. The summed E-state index contributed by atoms with van der Waals surface area (Å²) in [5.41, 5.74) is 1.70. The fraction of sp³-hybridized carbons (Fsp3) is 0.423. The second kappa shape index (κ2) is 12.6. The number of benzene rings is 2. The van der Waals surface area contributed by atoms with Crippen LogP contribution in [0.15, 0.2) is 48.5 Å². The minimum atomic E-state index is -0.668. The summed E-state index contributed by atoms with van der Waals surface area (Å²) in [4.78, 5) is 25.6. The van der Waals surface area contributed by atoms with Crippen LogP contribution in [-0.4, -0.2) is 44.1 Å². The van der Waals surface area contributed by atoms with E-state index in [1.54, 1.807) is 25.3 Å². The summed E-state index contributed by atoms with van der Waals surface area (Å²) >= 11 is 0. The molecule has 8 nitrogen and oxygen atoms in total. The largest absolute Gasteiger partial charge is 0.493 e. The molecule has 0 spiro atoms. The van der Waals surface area contributed by atoms with Gasteiger partial charge in [-0.3, -0.25) is 20.3 Å². The molecule has 3 rings (SSSR count). The monoisotopic (exact) mass is 466 g/mol. The maximum absolute atomic E-state index is 13.1. The zero-order chi connectivity index (χ0) is 24.3. The Bertz CT molecular complexity index is 974. The van der Waals surface area contributed by atoms with E-state index < -0.39 is 6.04 Å². The Morgan fingerprint density at radius 2 is 1.68 bits per heavy atom. The molecule has 0 heterocycles. The number of ether oxygens (including phenoxy) is 2. The topological polar surface area (TPSA) is 113 Å². The van der Waals surface area contributed by atoms with Crippen LogP contribution >= 0.6 is 0 Å². The van der Waals surface area contributed by atoms with Crippen LogP contribution in [0.5, 0.6) is 11.5 Å². The van der Waals surface area contributed by atoms with Crippen molar-refractivity contribution in [2.45, 2.75) is 57.0 Å². The maximum Gasteiger partial charge on any atom is 0.243 e. The molecule has 1 atom stereocenters. The lowest BCUT2D eigenvalue weighted by Crippen LogP contribution is -2.54. The Kier molecular flexibility index (Phi) is 9.31. The van der Waals surface area contributed by atoms with Crippen molar-refractivity contribution in [3.05, 3.63) is 59.7 Å². The zero-order valence-electron chi connectivity index (χ0n) is 19.9. The summed E-state index contributed by atoms with van der Waals surface area (Å²) in [6, 6.07) is 14.4. The van der Waals surface area contributed by atoms with Crippen molar-refractivity contribution in [1.29, 1.82) is 5.41 Å². The number of guanidine groups is 1. The number of hydrogen-bond donors (Lipinski definition) is 4. The molecule has 0 aromatic heterocycles. The van der Waals surface area contributed by atoms with Crippen molar-refractivity contribution in [3.8, 4) is 11.5 Å². The summed E-state index contributed by atoms with van der Waals surface area (Å²) in [7, 11) is 3.08. The van der Waals surface area contributed by atoms with Gasteiger partial charge in [-0.05, 0) is 36.1 Å². The minimum absolute atomic E-state index is 0.0576. The smallest absolute Gasteiger partial charge is 0.243 e. The highest BCUT2D eigenvalue weighted by molar-refractivity contribution is 5.98. The third kappa shape index (κ3) is 7.50. The molecule has 1 saturated carbocycles. The average Bonchev–Trinajstić information content (AvgIpc) is 2.84. The molecule has 182 valence electrons. The molecule has 0 saturated heterocycles. The van der Waals surface area contributed by atoms with Gasteiger partial charge in [0.15, 0.2) is 17.5 Å². The third-order valence-corrected chi connectivity index (χ3v) is 5.95. The summed E-state index contributed by atoms with van der Waals surface area (Å²) in [6.45, 7) is 0. The Hall–Kier alpha value is -3.55. The zero-order valence-corrected chi connectivity index (χ0v) is 19.9. The maximum atomic E-state index is 13.1. The molecule has 1 fully saturated rings. The fourth-order valence-corrected chi connectivity index (χ4v) is 4.18. The Morgan fingerprint density at radius 1 is 0.971 bits per heavy atom. The number of hydrogen-bond acceptors (Lipinski definition) is 5. The van der Waals surface area contributed by atoms with Crippen LogP contribution in [-0.2, 0) is 22.4 Å². The van der Waals surface area contributed by atoms with Crippen LogP contribution in [0.4, 0.5) is 0 Å². The van der Waals surface area contributed by atoms with Crippen molar-refractivity contribution < 1.29 is 19.1 Å². The van der Waals surface area contributed by atoms with E-state index in [2.05, 4.69) is 16.0 Å². The van der Waals surface area contributed by atoms with Crippen LogP contribution in [0.2, 0.25) is 0 Å². The summed E-state index contributed by atoms with van der Waals surface area (Å²) in [6.07, 6.45) is 5.85. The van der Waals surface area contributed by atoms with E-state index in [1.165, 1.54) is 13.5 Å². The SMILES string of the molecule is COc1ccc(CC(=O)NC(=N)NC(Cc2ccccc2)C(=O)NC2CCCCC2)cc1OC. The van der Waals surface area contributed by atoms with Gasteiger partial charge in [-0.1, -0.05) is 55.7 Å². The van der Waals surface area contributed by atoms with E-state index in [0.29, 0.717) is 17.9 Å². The molecular weight excluding hydrogens is 432 g/mol. The highest BCUT2D eigenvalue weighted by Crippen LogP contribution is 2.27. The van der Waals surface area contributed by atoms with Gasteiger partial charge in [0.1, 0.15) is 6.04 Å². The number of rotatable bonds is 9. The first-order chi connectivity index (χ1) is 16.5. The highest BCUT2D eigenvalue weighted by Gasteiger charge is 2.24. The lowest BCUT2D eigenvalue weighted by atomic mass is 9.95. The molecule has 8 heteroatoms. The van der Waals surface area contributed by atoms with Crippen molar-refractivity contribution >= 4 is 17.8 Å². The standard InChI is InChI=1S/C26H34N4O4/c1-33-22-14-13-19(16-23(22)34-2)17-24(31)30-26(27)29-21(15-18-9-5-3-6-10-18)25(32)28-20-11-7-4-8-12-20/h3,5-6,9-10,13-14,16,20-21H,4,7-8,11-12,15,17H2,1-2H3,(H,28,32)(H3,27,29,30,31). The molecule has 1 aliphatic rings. The van der Waals surface area contributed by atoms with Crippen LogP contribution in [0.1, 0.15) is 43.2 Å². The molecule has 2 aromatic rings. The number of amides is 2. The highest BCUT2D eigenvalue weighted by atomic mass is 16.5. The van der Waals surface area contributed by atoms with Gasteiger partial charge in [0.05, 0.1) is 20.6 Å². The van der Waals surface area contributed by atoms with E-state index in [0.717, 1.165) is 36.8 Å². The molecule has 2 aromatic carbocycles. The van der Waals surface area contributed by atoms with E-state index in [4.69, 9.17) is 14.9 Å². The Labute approximate surface area is 200 Å². The van der Waals surface area contributed by atoms with E-state index in [9.17, 15) is 9.59 Å². The minimum Gasteiger partial charge on any atom is -0.493 e. The van der Waals surface area contributed by atoms with Crippen LogP contribution < -0.4 is 25.4 Å². The van der Waals surface area contributed by atoms with Gasteiger partial charge in [-0.15, -0.1) is 0 Å². The molecular formula is C26H34N4O4. The molecule has 34 heavy (non-hydrogen) atoms. The van der Waals surface area contributed by atoms with Crippen LogP contribution in [0, 0.1) is 5.41 Å². The van der Waals surface area contributed by atoms with Crippen molar-refractivity contribution in [1.82, 2.24) is 16.0 Å². The normalized spacial score (nSPS) is 14.5. The number of nitrogens with one attached hydrogen (secondary N) is 4. The number of carbonyl (C=O) groups is 2. The first-order valence-electron chi connectivity index (χ1n) is 11.7. The van der Waals surface area contributed by atoms with Crippen molar-refractivity contribution in [2.75, 3.05) is 14.2 Å². The quantitative estimate of drug-likeness (QED) is 0.335. The number of methoxy groups -OCH3 is 2. The van der Waals surface area contributed by atoms with E-state index >= 15 is 0 Å². The molecule has 1 aliphatic carbocycles. The Balaban J connectivity index is 1.60. The number of carbonyl (C=O) groups excluding carboxylic acids is 2. The average molecular weight is 467 g/mol. The Morgan fingerprint density at radius 3 is 2.35 bits per heavy atom. The summed E-state index contributed by atoms with van der Waals surface area (Å²) in [5.74, 6) is 0.382.